The first kappa shape index (κ1) is 16.3. The summed E-state index contributed by atoms with van der Waals surface area (Å²) in [5.41, 5.74) is 0. The van der Waals surface area contributed by atoms with Gasteiger partial charge in [-0.15, -0.1) is 11.8 Å². The van der Waals surface area contributed by atoms with E-state index in [1.165, 1.54) is 0 Å². The topological polar surface area (TPSA) is 21.3 Å². The van der Waals surface area contributed by atoms with Gasteiger partial charge in [0.15, 0.2) is 0 Å². The SMILES string of the molecule is CC#CCCC(CCOCC(F)(F)F)NCC. The highest BCUT2D eigenvalue weighted by Crippen LogP contribution is 2.14. The summed E-state index contributed by atoms with van der Waals surface area (Å²) >= 11 is 0. The molecule has 100 valence electrons. The Morgan fingerprint density at radius 3 is 2.53 bits per heavy atom. The van der Waals surface area contributed by atoms with Crippen molar-refractivity contribution in [2.75, 3.05) is 19.8 Å². The van der Waals surface area contributed by atoms with Crippen LogP contribution >= 0.6 is 0 Å². The summed E-state index contributed by atoms with van der Waals surface area (Å²) in [5.74, 6) is 5.74. The van der Waals surface area contributed by atoms with Gasteiger partial charge >= 0.3 is 6.18 Å². The number of halogens is 3. The molecule has 0 aliphatic carbocycles. The second kappa shape index (κ2) is 9.32. The van der Waals surface area contributed by atoms with Crippen molar-refractivity contribution in [2.24, 2.45) is 0 Å². The van der Waals surface area contributed by atoms with E-state index < -0.39 is 12.8 Å². The molecule has 0 heterocycles. The average Bonchev–Trinajstić information content (AvgIpc) is 2.23. The van der Waals surface area contributed by atoms with Crippen LogP contribution in [0.5, 0.6) is 0 Å². The Hall–Kier alpha value is -0.730. The minimum atomic E-state index is -4.23. The summed E-state index contributed by atoms with van der Waals surface area (Å²) in [5, 5.41) is 3.21. The second-order valence-corrected chi connectivity index (χ2v) is 3.68. The zero-order valence-corrected chi connectivity index (χ0v) is 10.4. The number of nitrogens with one attached hydrogen (secondary N) is 1. The Bertz CT molecular complexity index is 242. The third-order valence-electron chi connectivity index (χ3n) is 2.16. The fourth-order valence-corrected chi connectivity index (χ4v) is 1.42. The van der Waals surface area contributed by atoms with Crippen LogP contribution in [0.4, 0.5) is 13.2 Å². The standard InChI is InChI=1S/C12H20F3NO/c1-3-5-6-7-11(16-4-2)8-9-17-10-12(13,14)15/h11,16H,4,6-10H2,1-2H3. The molecule has 0 fully saturated rings. The molecule has 5 heteroatoms. The Balaban J connectivity index is 3.71. The first-order chi connectivity index (χ1) is 7.99. The Kier molecular flexibility index (Phi) is 8.92. The Morgan fingerprint density at radius 1 is 1.29 bits per heavy atom. The van der Waals surface area contributed by atoms with Gasteiger partial charge in [0.05, 0.1) is 0 Å². The fourth-order valence-electron chi connectivity index (χ4n) is 1.42. The molecule has 0 bridgehead atoms. The molecule has 0 saturated carbocycles. The zero-order valence-electron chi connectivity index (χ0n) is 10.4. The van der Waals surface area contributed by atoms with E-state index in [0.717, 1.165) is 19.4 Å². The predicted octanol–water partition coefficient (Wildman–Crippen LogP) is 2.74. The molecule has 0 aromatic carbocycles. The lowest BCUT2D eigenvalue weighted by molar-refractivity contribution is -0.174. The highest BCUT2D eigenvalue weighted by molar-refractivity contribution is 4.95. The van der Waals surface area contributed by atoms with E-state index in [2.05, 4.69) is 21.9 Å². The highest BCUT2D eigenvalue weighted by Gasteiger charge is 2.27. The second-order valence-electron chi connectivity index (χ2n) is 3.68. The van der Waals surface area contributed by atoms with Gasteiger partial charge in [0.1, 0.15) is 6.61 Å². The largest absolute Gasteiger partial charge is 0.411 e. The van der Waals surface area contributed by atoms with Crippen LogP contribution in [-0.4, -0.2) is 32.0 Å². The maximum atomic E-state index is 11.8. The molecule has 1 unspecified atom stereocenters. The van der Waals surface area contributed by atoms with Crippen molar-refractivity contribution in [3.05, 3.63) is 0 Å². The summed E-state index contributed by atoms with van der Waals surface area (Å²) in [6.45, 7) is 3.49. The summed E-state index contributed by atoms with van der Waals surface area (Å²) in [4.78, 5) is 0. The van der Waals surface area contributed by atoms with Gasteiger partial charge in [-0.25, -0.2) is 0 Å². The van der Waals surface area contributed by atoms with Gasteiger partial charge in [0, 0.05) is 19.1 Å². The molecular formula is C12H20F3NO. The molecule has 0 rings (SSSR count). The first-order valence-electron chi connectivity index (χ1n) is 5.77. The Labute approximate surface area is 101 Å². The monoisotopic (exact) mass is 251 g/mol. The van der Waals surface area contributed by atoms with Gasteiger partial charge in [-0.3, -0.25) is 0 Å². The molecule has 17 heavy (non-hydrogen) atoms. The first-order valence-corrected chi connectivity index (χ1v) is 5.77. The quantitative estimate of drug-likeness (QED) is 0.529. The van der Waals surface area contributed by atoms with Crippen molar-refractivity contribution in [1.82, 2.24) is 5.32 Å². The van der Waals surface area contributed by atoms with E-state index in [-0.39, 0.29) is 12.6 Å². The van der Waals surface area contributed by atoms with Crippen LogP contribution in [0.15, 0.2) is 0 Å². The van der Waals surface area contributed by atoms with Crippen molar-refractivity contribution < 1.29 is 17.9 Å². The normalized spacial score (nSPS) is 13.0. The van der Waals surface area contributed by atoms with Crippen LogP contribution in [0, 0.1) is 11.8 Å². The smallest absolute Gasteiger partial charge is 0.372 e. The summed E-state index contributed by atoms with van der Waals surface area (Å²) in [7, 11) is 0. The molecule has 0 aromatic rings. The van der Waals surface area contributed by atoms with Crippen LogP contribution in [-0.2, 0) is 4.74 Å². The predicted molar refractivity (Wildman–Crippen MR) is 61.6 cm³/mol. The zero-order chi connectivity index (χ0) is 13.1. The van der Waals surface area contributed by atoms with Gasteiger partial charge in [-0.05, 0) is 26.3 Å². The third-order valence-corrected chi connectivity index (χ3v) is 2.16. The molecular weight excluding hydrogens is 231 g/mol. The number of ether oxygens (including phenoxy) is 1. The third kappa shape index (κ3) is 11.5. The summed E-state index contributed by atoms with van der Waals surface area (Å²) < 4.78 is 40.0. The summed E-state index contributed by atoms with van der Waals surface area (Å²) in [6, 6.07) is 0.175. The lowest BCUT2D eigenvalue weighted by Crippen LogP contribution is -2.30. The molecule has 0 spiro atoms. The van der Waals surface area contributed by atoms with Crippen molar-refractivity contribution >= 4 is 0 Å². The van der Waals surface area contributed by atoms with E-state index in [9.17, 15) is 13.2 Å². The van der Waals surface area contributed by atoms with E-state index in [1.807, 2.05) is 6.92 Å². The molecule has 0 amide bonds. The van der Waals surface area contributed by atoms with E-state index in [4.69, 9.17) is 0 Å². The minimum Gasteiger partial charge on any atom is -0.372 e. The van der Waals surface area contributed by atoms with Gasteiger partial charge in [0.2, 0.25) is 0 Å². The summed E-state index contributed by atoms with van der Waals surface area (Å²) in [6.07, 6.45) is -2.06. The highest BCUT2D eigenvalue weighted by atomic mass is 19.4. The van der Waals surface area contributed by atoms with E-state index >= 15 is 0 Å². The van der Waals surface area contributed by atoms with E-state index in [0.29, 0.717) is 6.42 Å². The average molecular weight is 251 g/mol. The van der Waals surface area contributed by atoms with Gasteiger partial charge < -0.3 is 10.1 Å². The fraction of sp³-hybridized carbons (Fsp3) is 0.833. The van der Waals surface area contributed by atoms with Crippen molar-refractivity contribution in [3.63, 3.8) is 0 Å². The van der Waals surface area contributed by atoms with Crippen LogP contribution in [0.25, 0.3) is 0 Å². The number of alkyl halides is 3. The van der Waals surface area contributed by atoms with Gasteiger partial charge in [0.25, 0.3) is 0 Å². The minimum absolute atomic E-state index is 0.122. The lowest BCUT2D eigenvalue weighted by atomic mass is 10.1. The molecule has 1 N–H and O–H groups in total. The maximum Gasteiger partial charge on any atom is 0.411 e. The molecule has 0 saturated heterocycles. The number of hydrogen-bond acceptors (Lipinski definition) is 2. The molecule has 0 aliphatic rings. The van der Waals surface area contributed by atoms with Crippen molar-refractivity contribution in [2.45, 2.75) is 45.3 Å². The molecule has 0 aromatic heterocycles. The molecule has 2 nitrogen and oxygen atoms in total. The van der Waals surface area contributed by atoms with Crippen molar-refractivity contribution in [1.29, 1.82) is 0 Å². The van der Waals surface area contributed by atoms with Crippen molar-refractivity contribution in [3.8, 4) is 11.8 Å². The van der Waals surface area contributed by atoms with Crippen LogP contribution < -0.4 is 5.32 Å². The Morgan fingerprint density at radius 2 is 2.00 bits per heavy atom. The van der Waals surface area contributed by atoms with Crippen LogP contribution in [0.1, 0.15) is 33.1 Å². The van der Waals surface area contributed by atoms with Crippen LogP contribution in [0.3, 0.4) is 0 Å². The van der Waals surface area contributed by atoms with Gasteiger partial charge in [-0.1, -0.05) is 6.92 Å². The van der Waals surface area contributed by atoms with Crippen LogP contribution in [0.2, 0.25) is 0 Å². The maximum absolute atomic E-state index is 11.8. The van der Waals surface area contributed by atoms with E-state index in [1.54, 1.807) is 6.92 Å². The number of hydrogen-bond donors (Lipinski definition) is 1. The van der Waals surface area contributed by atoms with Gasteiger partial charge in [-0.2, -0.15) is 13.2 Å². The number of rotatable bonds is 8. The molecule has 0 aliphatic heterocycles. The molecule has 0 radical (unpaired) electrons. The lowest BCUT2D eigenvalue weighted by Gasteiger charge is -2.17. The molecule has 1 atom stereocenters.